The monoisotopic (exact) mass is 475 g/mol. The van der Waals surface area contributed by atoms with E-state index in [1.54, 1.807) is 12.3 Å². The molecule has 1 unspecified atom stereocenters. The number of pyridine rings is 1. The maximum atomic E-state index is 13.8. The van der Waals surface area contributed by atoms with Gasteiger partial charge in [0.15, 0.2) is 0 Å². The van der Waals surface area contributed by atoms with E-state index in [1.807, 2.05) is 30.3 Å². The normalized spacial score (nSPS) is 20.2. The quantitative estimate of drug-likeness (QED) is 0.402. The minimum Gasteiger partial charge on any atom is -0.377 e. The molecule has 4 N–H and O–H groups in total. The Morgan fingerprint density at radius 1 is 1.29 bits per heavy atom. The van der Waals surface area contributed by atoms with Gasteiger partial charge in [0.25, 0.3) is 0 Å². The molecular weight excluding hydrogens is 449 g/mol. The van der Waals surface area contributed by atoms with Crippen molar-refractivity contribution < 1.29 is 13.9 Å². The number of carbonyl (C=O) groups excluding carboxylic acids is 1. The molecule has 9 nitrogen and oxygen atoms in total. The van der Waals surface area contributed by atoms with Gasteiger partial charge < -0.3 is 25.7 Å². The van der Waals surface area contributed by atoms with Crippen molar-refractivity contribution in [2.75, 3.05) is 30.0 Å². The number of rotatable bonds is 6. The van der Waals surface area contributed by atoms with E-state index in [0.717, 1.165) is 28.7 Å². The number of halogens is 1. The maximum Gasteiger partial charge on any atom is 0.231 e. The van der Waals surface area contributed by atoms with Gasteiger partial charge in [-0.1, -0.05) is 24.3 Å². The number of ether oxygens (including phenoxy) is 1. The smallest absolute Gasteiger partial charge is 0.231 e. The van der Waals surface area contributed by atoms with Crippen LogP contribution in [0.3, 0.4) is 0 Å². The number of allylic oxidation sites excluding steroid dienone is 1. The lowest BCUT2D eigenvalue weighted by molar-refractivity contribution is -0.122. The van der Waals surface area contributed by atoms with Gasteiger partial charge in [0.05, 0.1) is 31.4 Å². The highest BCUT2D eigenvalue weighted by Crippen LogP contribution is 2.35. The number of benzene rings is 1. The Morgan fingerprint density at radius 2 is 2.11 bits per heavy atom. The Hall–Kier alpha value is -4.05. The summed E-state index contributed by atoms with van der Waals surface area (Å²) >= 11 is 0. The molecule has 4 heterocycles. The lowest BCUT2D eigenvalue weighted by Crippen LogP contribution is -2.44. The summed E-state index contributed by atoms with van der Waals surface area (Å²) in [5, 5.41) is 20.7. The third-order valence-electron chi connectivity index (χ3n) is 6.32. The van der Waals surface area contributed by atoms with Gasteiger partial charge in [-0.05, 0) is 29.7 Å². The number of nitrogens with zero attached hydrogens (tertiary/aromatic N) is 3. The second kappa shape index (κ2) is 9.67. The maximum absolute atomic E-state index is 13.8. The first-order chi connectivity index (χ1) is 17.0. The molecule has 1 saturated heterocycles. The zero-order chi connectivity index (χ0) is 24.4. The highest BCUT2D eigenvalue weighted by atomic mass is 19.1. The Labute approximate surface area is 201 Å². The van der Waals surface area contributed by atoms with Crippen LogP contribution >= 0.6 is 0 Å². The van der Waals surface area contributed by atoms with Crippen molar-refractivity contribution in [1.29, 1.82) is 5.41 Å². The van der Waals surface area contributed by atoms with Crippen molar-refractivity contribution >= 4 is 29.6 Å². The van der Waals surface area contributed by atoms with E-state index in [2.05, 4.69) is 32.7 Å². The van der Waals surface area contributed by atoms with Crippen LogP contribution in [0.1, 0.15) is 30.4 Å². The van der Waals surface area contributed by atoms with E-state index in [-0.39, 0.29) is 24.2 Å². The molecule has 1 aromatic carbocycles. The Kier molecular flexibility index (Phi) is 6.28. The van der Waals surface area contributed by atoms with E-state index in [4.69, 9.17) is 15.1 Å². The van der Waals surface area contributed by atoms with Gasteiger partial charge in [-0.2, -0.15) is 5.10 Å². The van der Waals surface area contributed by atoms with Crippen LogP contribution in [0.25, 0.3) is 11.1 Å². The molecule has 2 aliphatic rings. The summed E-state index contributed by atoms with van der Waals surface area (Å²) in [7, 11) is 0. The number of carbonyl (C=O) groups is 1. The molecule has 0 aliphatic carbocycles. The first-order valence-corrected chi connectivity index (χ1v) is 11.4. The number of hydrogen-bond acceptors (Lipinski definition) is 7. The molecule has 5 rings (SSSR count). The van der Waals surface area contributed by atoms with Crippen LogP contribution in [-0.2, 0) is 9.53 Å². The number of morpholine rings is 1. The third-order valence-corrected chi connectivity index (χ3v) is 6.32. The predicted molar refractivity (Wildman–Crippen MR) is 132 cm³/mol. The average Bonchev–Trinajstić information content (AvgIpc) is 3.38. The fourth-order valence-corrected chi connectivity index (χ4v) is 4.45. The summed E-state index contributed by atoms with van der Waals surface area (Å²) in [5.74, 6) is 0.809. The van der Waals surface area contributed by atoms with Gasteiger partial charge in [0, 0.05) is 37.0 Å². The van der Waals surface area contributed by atoms with Crippen molar-refractivity contribution in [3.05, 3.63) is 65.7 Å². The summed E-state index contributed by atoms with van der Waals surface area (Å²) < 4.78 is 19.4. The third kappa shape index (κ3) is 4.65. The van der Waals surface area contributed by atoms with Gasteiger partial charge in [0.2, 0.25) is 5.91 Å². The van der Waals surface area contributed by atoms with E-state index >= 15 is 0 Å². The van der Waals surface area contributed by atoms with Gasteiger partial charge in [0.1, 0.15) is 23.3 Å². The first kappa shape index (κ1) is 22.7. The number of aromatic nitrogens is 3. The molecule has 1 amide bonds. The van der Waals surface area contributed by atoms with E-state index in [1.165, 1.54) is 6.21 Å². The summed E-state index contributed by atoms with van der Waals surface area (Å²) in [6, 6.07) is 11.4. The second-order valence-corrected chi connectivity index (χ2v) is 8.63. The minimum atomic E-state index is -0.573. The van der Waals surface area contributed by atoms with E-state index < -0.39 is 5.92 Å². The van der Waals surface area contributed by atoms with Crippen LogP contribution in [0.5, 0.6) is 0 Å². The van der Waals surface area contributed by atoms with E-state index in [9.17, 15) is 9.18 Å². The highest BCUT2D eigenvalue weighted by molar-refractivity contribution is 5.96. The molecular formula is C25H26FN7O2. The van der Waals surface area contributed by atoms with Crippen molar-refractivity contribution in [3.63, 3.8) is 0 Å². The van der Waals surface area contributed by atoms with Gasteiger partial charge >= 0.3 is 0 Å². The van der Waals surface area contributed by atoms with Crippen molar-refractivity contribution in [3.8, 4) is 11.1 Å². The molecule has 10 heteroatoms. The van der Waals surface area contributed by atoms with Crippen molar-refractivity contribution in [2.45, 2.75) is 25.3 Å². The Morgan fingerprint density at radius 3 is 2.83 bits per heavy atom. The average molecular weight is 476 g/mol. The van der Waals surface area contributed by atoms with Crippen molar-refractivity contribution in [1.82, 2.24) is 20.5 Å². The Balaban J connectivity index is 1.56. The van der Waals surface area contributed by atoms with Crippen LogP contribution in [0.4, 0.5) is 21.8 Å². The Bertz CT molecular complexity index is 1260. The molecule has 1 fully saturated rings. The summed E-state index contributed by atoms with van der Waals surface area (Å²) in [5.41, 5.74) is 3.02. The van der Waals surface area contributed by atoms with Crippen LogP contribution in [0.2, 0.25) is 0 Å². The topological polar surface area (TPSA) is 119 Å². The predicted octanol–water partition coefficient (Wildman–Crippen LogP) is 3.85. The van der Waals surface area contributed by atoms with Gasteiger partial charge in [-0.15, -0.1) is 0 Å². The number of hydrogen-bond donors (Lipinski definition) is 4. The number of anilines is 3. The lowest BCUT2D eigenvalue weighted by Gasteiger charge is -2.35. The zero-order valence-corrected chi connectivity index (χ0v) is 19.2. The molecule has 0 saturated carbocycles. The number of nitrogens with one attached hydrogen (secondary N) is 4. The molecule has 0 radical (unpaired) electrons. The number of aromatic amines is 1. The molecule has 0 spiro atoms. The SMILES string of the molecule is C[C@@H]1COCCN1c1cc(-c2ccc(C3CC(F)=CNC3=O)cc2)c(C=N)c(Nc2ccn[nH]2)n1. The van der Waals surface area contributed by atoms with Gasteiger partial charge in [-0.25, -0.2) is 9.37 Å². The summed E-state index contributed by atoms with van der Waals surface area (Å²) in [6.07, 6.45) is 4.07. The second-order valence-electron chi connectivity index (χ2n) is 8.63. The minimum absolute atomic E-state index is 0.0451. The molecule has 0 bridgehead atoms. The molecule has 2 aliphatic heterocycles. The fourth-order valence-electron chi connectivity index (χ4n) is 4.45. The zero-order valence-electron chi connectivity index (χ0n) is 19.2. The van der Waals surface area contributed by atoms with Crippen LogP contribution in [0, 0.1) is 5.41 Å². The van der Waals surface area contributed by atoms with Crippen molar-refractivity contribution in [2.24, 2.45) is 0 Å². The summed E-state index contributed by atoms with van der Waals surface area (Å²) in [6.45, 7) is 4.01. The lowest BCUT2D eigenvalue weighted by atomic mass is 9.90. The summed E-state index contributed by atoms with van der Waals surface area (Å²) in [4.78, 5) is 19.3. The molecule has 2 aromatic heterocycles. The molecule has 3 aromatic rings. The molecule has 35 heavy (non-hydrogen) atoms. The van der Waals surface area contributed by atoms with Crippen LogP contribution in [-0.4, -0.2) is 53.1 Å². The molecule has 2 atom stereocenters. The van der Waals surface area contributed by atoms with Crippen LogP contribution in [0.15, 0.2) is 54.6 Å². The fraction of sp³-hybridized carbons (Fsp3) is 0.280. The first-order valence-electron chi connectivity index (χ1n) is 11.4. The largest absolute Gasteiger partial charge is 0.377 e. The van der Waals surface area contributed by atoms with Crippen LogP contribution < -0.4 is 15.5 Å². The highest BCUT2D eigenvalue weighted by Gasteiger charge is 2.26. The number of amides is 1. The standard InChI is InChI=1S/C25H26FN7O2/c1-15-14-35-9-8-33(15)23-11-19(21(12-27)24(31-23)30-22-6-7-29-32-22)16-2-4-17(5-3-16)20-10-18(26)13-28-25(20)34/h2-7,11-13,15,20,27H,8-10,14H2,1H3,(H,28,34)(H2,29,30,31,32)/t15-,20?/m1/s1. The number of H-pyrrole nitrogens is 1. The molecule has 180 valence electrons. The van der Waals surface area contributed by atoms with Gasteiger partial charge in [-0.3, -0.25) is 9.89 Å². The van der Waals surface area contributed by atoms with E-state index in [0.29, 0.717) is 37.0 Å².